The van der Waals surface area contributed by atoms with Gasteiger partial charge in [-0.05, 0) is 41.1 Å². The monoisotopic (exact) mass is 386 g/mol. The minimum absolute atomic E-state index is 0.0217. The summed E-state index contributed by atoms with van der Waals surface area (Å²) in [6.07, 6.45) is 1.50. The smallest absolute Gasteiger partial charge is 0.261 e. The van der Waals surface area contributed by atoms with E-state index < -0.39 is 5.91 Å². The Morgan fingerprint density at radius 1 is 1.53 bits per heavy atom. The van der Waals surface area contributed by atoms with Crippen LogP contribution in [0.2, 0.25) is 0 Å². The second kappa shape index (κ2) is 7.31. The zero-order chi connectivity index (χ0) is 14.4. The minimum Gasteiger partial charge on any atom is -0.492 e. The maximum Gasteiger partial charge on any atom is 0.261 e. The first-order valence-electron chi connectivity index (χ1n) is 5.49. The number of hydrogen-bond donors (Lipinski definition) is 1. The molecule has 0 saturated heterocycles. The lowest BCUT2D eigenvalue weighted by atomic mass is 10.1. The van der Waals surface area contributed by atoms with Crippen molar-refractivity contribution in [2.45, 2.75) is 6.92 Å². The lowest BCUT2D eigenvalue weighted by molar-refractivity contribution is -0.116. The summed E-state index contributed by atoms with van der Waals surface area (Å²) in [5, 5.41) is 11.4. The Kier molecular flexibility index (Phi) is 6.06. The number of hydrogen-bond acceptors (Lipinski definition) is 3. The lowest BCUT2D eigenvalue weighted by Crippen LogP contribution is -2.19. The van der Waals surface area contributed by atoms with Crippen LogP contribution in [0.5, 0.6) is 5.75 Å². The quantitative estimate of drug-likeness (QED) is 0.637. The van der Waals surface area contributed by atoms with Crippen LogP contribution in [0.15, 0.2) is 26.7 Å². The first-order chi connectivity index (χ1) is 9.03. The number of likely N-dealkylation sites (N-methyl/N-ethyl adjacent to an activating group) is 1. The Morgan fingerprint density at radius 3 is 2.74 bits per heavy atom. The van der Waals surface area contributed by atoms with Crippen molar-refractivity contribution in [3.63, 3.8) is 0 Å². The molecule has 4 nitrogen and oxygen atoms in total. The summed E-state index contributed by atoms with van der Waals surface area (Å²) in [5.41, 5.74) is 0.678. The van der Waals surface area contributed by atoms with E-state index in [2.05, 4.69) is 37.2 Å². The molecule has 0 aliphatic heterocycles. The summed E-state index contributed by atoms with van der Waals surface area (Å²) in [6, 6.07) is 5.50. The SMILES string of the molecule is CCOc1c(Br)cc(Br)cc1/C=C(\C#N)C(=O)NC. The van der Waals surface area contributed by atoms with Gasteiger partial charge in [-0.3, -0.25) is 4.79 Å². The van der Waals surface area contributed by atoms with Gasteiger partial charge < -0.3 is 10.1 Å². The molecule has 19 heavy (non-hydrogen) atoms. The van der Waals surface area contributed by atoms with E-state index >= 15 is 0 Å². The molecular weight excluding hydrogens is 376 g/mol. The van der Waals surface area contributed by atoms with Crippen molar-refractivity contribution in [1.82, 2.24) is 5.32 Å². The van der Waals surface area contributed by atoms with Gasteiger partial charge in [0.15, 0.2) is 0 Å². The van der Waals surface area contributed by atoms with E-state index in [-0.39, 0.29) is 5.57 Å². The maximum absolute atomic E-state index is 11.5. The molecule has 0 spiro atoms. The van der Waals surface area contributed by atoms with Gasteiger partial charge in [-0.2, -0.15) is 5.26 Å². The third-order valence-corrected chi connectivity index (χ3v) is 3.26. The number of nitrogens with one attached hydrogen (secondary N) is 1. The molecule has 0 atom stereocenters. The van der Waals surface area contributed by atoms with E-state index in [0.29, 0.717) is 17.9 Å². The molecule has 1 aromatic carbocycles. The third-order valence-electron chi connectivity index (χ3n) is 2.22. The summed E-state index contributed by atoms with van der Waals surface area (Å²) in [6.45, 7) is 2.36. The fourth-order valence-corrected chi connectivity index (χ4v) is 2.80. The van der Waals surface area contributed by atoms with Crippen LogP contribution in [0.25, 0.3) is 6.08 Å². The average molecular weight is 388 g/mol. The van der Waals surface area contributed by atoms with E-state index in [4.69, 9.17) is 10.00 Å². The molecule has 0 aliphatic carbocycles. The molecule has 6 heteroatoms. The van der Waals surface area contributed by atoms with Crippen molar-refractivity contribution < 1.29 is 9.53 Å². The van der Waals surface area contributed by atoms with Gasteiger partial charge in [-0.25, -0.2) is 0 Å². The topological polar surface area (TPSA) is 62.1 Å². The maximum atomic E-state index is 11.5. The van der Waals surface area contributed by atoms with Gasteiger partial charge in [0.2, 0.25) is 0 Å². The van der Waals surface area contributed by atoms with Crippen LogP contribution in [0, 0.1) is 11.3 Å². The standard InChI is InChI=1S/C13H12Br2N2O2/c1-3-19-12-8(5-10(14)6-11(12)15)4-9(7-16)13(18)17-2/h4-6H,3H2,1-2H3,(H,17,18)/b9-4+. The summed E-state index contributed by atoms with van der Waals surface area (Å²) < 4.78 is 7.10. The van der Waals surface area contributed by atoms with E-state index in [1.54, 1.807) is 6.07 Å². The number of nitrogens with zero attached hydrogens (tertiary/aromatic N) is 1. The predicted octanol–water partition coefficient (Wildman–Crippen LogP) is 3.26. The summed E-state index contributed by atoms with van der Waals surface area (Å²) >= 11 is 6.76. The molecule has 0 bridgehead atoms. The van der Waals surface area contributed by atoms with Crippen LogP contribution in [0.3, 0.4) is 0 Å². The highest BCUT2D eigenvalue weighted by molar-refractivity contribution is 9.11. The summed E-state index contributed by atoms with van der Waals surface area (Å²) in [4.78, 5) is 11.5. The van der Waals surface area contributed by atoms with E-state index in [0.717, 1.165) is 8.95 Å². The Bertz CT molecular complexity index is 562. The summed E-state index contributed by atoms with van der Waals surface area (Å²) in [5.74, 6) is 0.170. The molecule has 0 aliphatic rings. The van der Waals surface area contributed by atoms with E-state index in [1.807, 2.05) is 19.1 Å². The molecule has 1 aromatic rings. The fourth-order valence-electron chi connectivity index (χ4n) is 1.42. The molecule has 0 saturated carbocycles. The molecule has 0 heterocycles. The first-order valence-corrected chi connectivity index (χ1v) is 7.07. The second-order valence-electron chi connectivity index (χ2n) is 3.49. The Labute approximate surface area is 128 Å². The molecular formula is C13H12Br2N2O2. The zero-order valence-corrected chi connectivity index (χ0v) is 13.6. The van der Waals surface area contributed by atoms with Crippen molar-refractivity contribution in [1.29, 1.82) is 5.26 Å². The highest BCUT2D eigenvalue weighted by atomic mass is 79.9. The normalized spacial score (nSPS) is 10.8. The van der Waals surface area contributed by atoms with Gasteiger partial charge in [0.05, 0.1) is 11.1 Å². The van der Waals surface area contributed by atoms with Crippen molar-refractivity contribution in [2.75, 3.05) is 13.7 Å². The van der Waals surface area contributed by atoms with Crippen molar-refractivity contribution in [3.8, 4) is 11.8 Å². The Hall–Kier alpha value is -1.32. The number of benzene rings is 1. The number of halogens is 2. The van der Waals surface area contributed by atoms with Crippen LogP contribution in [-0.4, -0.2) is 19.6 Å². The zero-order valence-electron chi connectivity index (χ0n) is 10.5. The Morgan fingerprint density at radius 2 is 2.21 bits per heavy atom. The van der Waals surface area contributed by atoms with Crippen molar-refractivity contribution in [2.24, 2.45) is 0 Å². The van der Waals surface area contributed by atoms with Crippen molar-refractivity contribution >= 4 is 43.8 Å². The molecule has 1 amide bonds. The van der Waals surface area contributed by atoms with Crippen LogP contribution >= 0.6 is 31.9 Å². The molecule has 1 N–H and O–H groups in total. The largest absolute Gasteiger partial charge is 0.492 e. The van der Waals surface area contributed by atoms with Crippen molar-refractivity contribution in [3.05, 3.63) is 32.2 Å². The van der Waals surface area contributed by atoms with E-state index in [1.165, 1.54) is 13.1 Å². The molecule has 0 unspecified atom stereocenters. The van der Waals surface area contributed by atoms with Crippen LogP contribution in [0.1, 0.15) is 12.5 Å². The van der Waals surface area contributed by atoms with Gasteiger partial charge in [-0.1, -0.05) is 15.9 Å². The first kappa shape index (κ1) is 15.7. The fraction of sp³-hybridized carbons (Fsp3) is 0.231. The number of rotatable bonds is 4. The Balaban J connectivity index is 3.36. The molecule has 0 aromatic heterocycles. The average Bonchev–Trinajstić information content (AvgIpc) is 2.38. The molecule has 1 rings (SSSR count). The number of carbonyl (C=O) groups excluding carboxylic acids is 1. The van der Waals surface area contributed by atoms with Crippen LogP contribution in [0.4, 0.5) is 0 Å². The van der Waals surface area contributed by atoms with E-state index in [9.17, 15) is 4.79 Å². The lowest BCUT2D eigenvalue weighted by Gasteiger charge is -2.10. The van der Waals surface area contributed by atoms with Gasteiger partial charge in [0.1, 0.15) is 17.4 Å². The summed E-state index contributed by atoms with van der Waals surface area (Å²) in [7, 11) is 1.48. The number of ether oxygens (including phenoxy) is 1. The highest BCUT2D eigenvalue weighted by Gasteiger charge is 2.12. The van der Waals surface area contributed by atoms with Crippen LogP contribution < -0.4 is 10.1 Å². The number of carbonyl (C=O) groups is 1. The third kappa shape index (κ3) is 4.08. The van der Waals surface area contributed by atoms with Gasteiger partial charge in [0, 0.05) is 17.1 Å². The number of amides is 1. The number of nitriles is 1. The minimum atomic E-state index is -0.430. The highest BCUT2D eigenvalue weighted by Crippen LogP contribution is 2.34. The second-order valence-corrected chi connectivity index (χ2v) is 5.26. The van der Waals surface area contributed by atoms with Gasteiger partial charge in [0.25, 0.3) is 5.91 Å². The van der Waals surface area contributed by atoms with Gasteiger partial charge >= 0.3 is 0 Å². The molecule has 0 radical (unpaired) electrons. The molecule has 0 fully saturated rings. The predicted molar refractivity (Wildman–Crippen MR) is 80.7 cm³/mol. The van der Waals surface area contributed by atoms with Crippen LogP contribution in [-0.2, 0) is 4.79 Å². The van der Waals surface area contributed by atoms with Gasteiger partial charge in [-0.15, -0.1) is 0 Å². The molecule has 100 valence electrons.